The third-order valence-electron chi connectivity index (χ3n) is 9.27. The molecule has 6 atom stereocenters. The number of rotatable bonds is 8. The van der Waals surface area contributed by atoms with E-state index < -0.39 is 0 Å². The molecular weight excluding hydrogens is 490 g/mol. The molecule has 208 valence electrons. The standard InChI is InChI=1S/C31H41N5O3/c37-30-25-11-5-4-10-24(25)28(33-35-30)22-14-16-23(17-15-22)36(18-19-39-20-21-8-2-1-3-9-21)31(38)29-26-12-6-7-13-27(26)32-34-29/h1-3,8-9,14-17,24-29,32-34H,4-7,10-13,18-20H2,(H,35,37). The zero-order valence-electron chi connectivity index (χ0n) is 22.6. The van der Waals surface area contributed by atoms with Crippen LogP contribution < -0.4 is 26.6 Å². The van der Waals surface area contributed by atoms with Crippen LogP contribution >= 0.6 is 0 Å². The second-order valence-electron chi connectivity index (χ2n) is 11.6. The van der Waals surface area contributed by atoms with Crippen LogP contribution in [0, 0.1) is 17.8 Å². The predicted octanol–water partition coefficient (Wildman–Crippen LogP) is 3.75. The number of anilines is 1. The molecule has 0 bridgehead atoms. The number of nitrogens with one attached hydrogen (secondary N) is 4. The summed E-state index contributed by atoms with van der Waals surface area (Å²) in [6.45, 7) is 1.47. The average Bonchev–Trinajstić information content (AvgIpc) is 3.42. The van der Waals surface area contributed by atoms with Crippen molar-refractivity contribution in [3.05, 3.63) is 65.7 Å². The number of ether oxygens (including phenoxy) is 1. The van der Waals surface area contributed by atoms with Crippen molar-refractivity contribution in [1.29, 1.82) is 0 Å². The number of benzene rings is 2. The summed E-state index contributed by atoms with van der Waals surface area (Å²) in [7, 11) is 0. The minimum absolute atomic E-state index is 0.0777. The summed E-state index contributed by atoms with van der Waals surface area (Å²) in [5, 5.41) is 0. The molecule has 8 nitrogen and oxygen atoms in total. The predicted molar refractivity (Wildman–Crippen MR) is 150 cm³/mol. The fraction of sp³-hybridized carbons (Fsp3) is 0.548. The number of amides is 2. The third-order valence-corrected chi connectivity index (χ3v) is 9.27. The minimum atomic E-state index is -0.234. The van der Waals surface area contributed by atoms with E-state index in [-0.39, 0.29) is 29.8 Å². The highest BCUT2D eigenvalue weighted by molar-refractivity contribution is 5.97. The van der Waals surface area contributed by atoms with Gasteiger partial charge < -0.3 is 9.64 Å². The molecule has 4 N–H and O–H groups in total. The van der Waals surface area contributed by atoms with Crippen molar-refractivity contribution < 1.29 is 14.3 Å². The molecule has 0 spiro atoms. The molecule has 2 aliphatic carbocycles. The van der Waals surface area contributed by atoms with E-state index >= 15 is 0 Å². The third kappa shape index (κ3) is 5.75. The Morgan fingerprint density at radius 3 is 2.41 bits per heavy atom. The molecule has 39 heavy (non-hydrogen) atoms. The van der Waals surface area contributed by atoms with E-state index in [4.69, 9.17) is 4.74 Å². The van der Waals surface area contributed by atoms with Gasteiger partial charge in [0.05, 0.1) is 19.3 Å². The van der Waals surface area contributed by atoms with Crippen molar-refractivity contribution in [2.24, 2.45) is 17.8 Å². The van der Waals surface area contributed by atoms with Crippen LogP contribution in [0.4, 0.5) is 5.69 Å². The monoisotopic (exact) mass is 531 g/mol. The second-order valence-corrected chi connectivity index (χ2v) is 11.6. The molecule has 8 heteroatoms. The van der Waals surface area contributed by atoms with Crippen LogP contribution in [0.2, 0.25) is 0 Å². The van der Waals surface area contributed by atoms with Crippen molar-refractivity contribution in [3.63, 3.8) is 0 Å². The SMILES string of the molecule is O=C1NNC(c2ccc(N(CCOCc3ccccc3)C(=O)C3NNC4CCCCC43)cc2)C2CCCCC12. The van der Waals surface area contributed by atoms with Crippen molar-refractivity contribution >= 4 is 17.5 Å². The fourth-order valence-corrected chi connectivity index (χ4v) is 7.17. The van der Waals surface area contributed by atoms with E-state index in [2.05, 4.69) is 58.1 Å². The lowest BCUT2D eigenvalue weighted by Crippen LogP contribution is -2.55. The largest absolute Gasteiger partial charge is 0.375 e. The topological polar surface area (TPSA) is 94.7 Å². The number of hydrazine groups is 2. The quantitative estimate of drug-likeness (QED) is 0.388. The lowest BCUT2D eigenvalue weighted by Gasteiger charge is -2.41. The summed E-state index contributed by atoms with van der Waals surface area (Å²) in [6.07, 6.45) is 8.88. The van der Waals surface area contributed by atoms with Crippen LogP contribution in [-0.4, -0.2) is 37.0 Å². The summed E-state index contributed by atoms with van der Waals surface area (Å²) in [4.78, 5) is 28.3. The first-order chi connectivity index (χ1) is 19.2. The fourth-order valence-electron chi connectivity index (χ4n) is 7.17. The van der Waals surface area contributed by atoms with E-state index in [9.17, 15) is 9.59 Å². The zero-order chi connectivity index (χ0) is 26.6. The van der Waals surface area contributed by atoms with Gasteiger partial charge in [-0.15, -0.1) is 0 Å². The van der Waals surface area contributed by atoms with Crippen LogP contribution in [0.3, 0.4) is 0 Å². The molecule has 2 aliphatic heterocycles. The van der Waals surface area contributed by atoms with Gasteiger partial charge in [0.25, 0.3) is 0 Å². The van der Waals surface area contributed by atoms with Crippen LogP contribution in [0.1, 0.15) is 68.5 Å². The van der Waals surface area contributed by atoms with Crippen molar-refractivity contribution in [2.75, 3.05) is 18.1 Å². The number of hydrogen-bond acceptors (Lipinski definition) is 6. The van der Waals surface area contributed by atoms with Crippen LogP contribution in [0.25, 0.3) is 0 Å². The molecular formula is C31H41N5O3. The molecule has 2 saturated heterocycles. The molecule has 4 aliphatic rings. The maximum atomic E-state index is 14.0. The van der Waals surface area contributed by atoms with Gasteiger partial charge in [0, 0.05) is 30.1 Å². The molecule has 2 aromatic rings. The summed E-state index contributed by atoms with van der Waals surface area (Å²) in [5.41, 5.74) is 16.1. The number of fused-ring (bicyclic) bond motifs is 2. The van der Waals surface area contributed by atoms with Crippen molar-refractivity contribution in [2.45, 2.75) is 76.1 Å². The highest BCUT2D eigenvalue weighted by atomic mass is 16.5. The normalized spacial score (nSPS) is 30.2. The van der Waals surface area contributed by atoms with E-state index in [1.165, 1.54) is 19.3 Å². The smallest absolute Gasteiger partial charge is 0.245 e. The van der Waals surface area contributed by atoms with Crippen LogP contribution in [0.5, 0.6) is 0 Å². The molecule has 0 radical (unpaired) electrons. The van der Waals surface area contributed by atoms with Gasteiger partial charge >= 0.3 is 0 Å². The van der Waals surface area contributed by atoms with Crippen molar-refractivity contribution in [1.82, 2.24) is 21.7 Å². The molecule has 6 rings (SSSR count). The Hall–Kier alpha value is -2.78. The summed E-state index contributed by atoms with van der Waals surface area (Å²) in [6, 6.07) is 18.7. The summed E-state index contributed by atoms with van der Waals surface area (Å²) in [5.74, 6) is 0.923. The highest BCUT2D eigenvalue weighted by Crippen LogP contribution is 2.41. The molecule has 4 fully saturated rings. The van der Waals surface area contributed by atoms with Gasteiger partial charge in [0.1, 0.15) is 6.04 Å². The molecule has 0 aromatic heterocycles. The molecule has 2 amide bonds. The maximum absolute atomic E-state index is 14.0. The Kier molecular flexibility index (Phi) is 8.25. The van der Waals surface area contributed by atoms with Gasteiger partial charge in [-0.25, -0.2) is 10.9 Å². The first kappa shape index (κ1) is 26.4. The number of hydrogen-bond donors (Lipinski definition) is 4. The van der Waals surface area contributed by atoms with Gasteiger partial charge in [0.2, 0.25) is 11.8 Å². The second kappa shape index (κ2) is 12.2. The zero-order valence-corrected chi connectivity index (χ0v) is 22.6. The van der Waals surface area contributed by atoms with Gasteiger partial charge in [0.15, 0.2) is 0 Å². The Bertz CT molecular complexity index is 1130. The first-order valence-corrected chi connectivity index (χ1v) is 14.8. The molecule has 2 aromatic carbocycles. The molecule has 6 unspecified atom stereocenters. The van der Waals surface area contributed by atoms with Crippen LogP contribution in [-0.2, 0) is 20.9 Å². The van der Waals surface area contributed by atoms with E-state index in [0.29, 0.717) is 37.6 Å². The molecule has 2 saturated carbocycles. The van der Waals surface area contributed by atoms with E-state index in [1.54, 1.807) is 0 Å². The summed E-state index contributed by atoms with van der Waals surface area (Å²) < 4.78 is 6.00. The van der Waals surface area contributed by atoms with Gasteiger partial charge in [-0.1, -0.05) is 68.1 Å². The highest BCUT2D eigenvalue weighted by Gasteiger charge is 2.43. The number of carbonyl (C=O) groups excluding carboxylic acids is 2. The number of carbonyl (C=O) groups is 2. The van der Waals surface area contributed by atoms with E-state index in [0.717, 1.165) is 48.9 Å². The van der Waals surface area contributed by atoms with E-state index in [1.807, 2.05) is 23.1 Å². The maximum Gasteiger partial charge on any atom is 0.245 e. The Balaban J connectivity index is 1.18. The van der Waals surface area contributed by atoms with Crippen molar-refractivity contribution in [3.8, 4) is 0 Å². The summed E-state index contributed by atoms with van der Waals surface area (Å²) >= 11 is 0. The van der Waals surface area contributed by atoms with Gasteiger partial charge in [-0.05, 0) is 54.9 Å². The Morgan fingerprint density at radius 2 is 1.59 bits per heavy atom. The first-order valence-electron chi connectivity index (χ1n) is 14.8. The lowest BCUT2D eigenvalue weighted by molar-refractivity contribution is -0.133. The average molecular weight is 532 g/mol. The van der Waals surface area contributed by atoms with Gasteiger partial charge in [-0.2, -0.15) is 0 Å². The van der Waals surface area contributed by atoms with Crippen LogP contribution in [0.15, 0.2) is 54.6 Å². The molecule has 2 heterocycles. The Labute approximate surface area is 231 Å². The lowest BCUT2D eigenvalue weighted by atomic mass is 9.72. The van der Waals surface area contributed by atoms with Gasteiger partial charge in [-0.3, -0.25) is 20.4 Å². The Morgan fingerprint density at radius 1 is 0.846 bits per heavy atom. The number of nitrogens with zero attached hydrogens (tertiary/aromatic N) is 1. The minimum Gasteiger partial charge on any atom is -0.375 e.